The van der Waals surface area contributed by atoms with E-state index in [4.69, 9.17) is 0 Å². The minimum atomic E-state index is 0.598. The highest BCUT2D eigenvalue weighted by molar-refractivity contribution is 5.03. The first-order valence-corrected chi connectivity index (χ1v) is 6.28. The fraction of sp³-hybridized carbons (Fsp3) is 1.00. The zero-order valence-electron chi connectivity index (χ0n) is 11.4. The average molecular weight is 212 g/mol. The van der Waals surface area contributed by atoms with Gasteiger partial charge < -0.3 is 8.97 Å². The Morgan fingerprint density at radius 1 is 0.933 bits per heavy atom. The fourth-order valence-corrected chi connectivity index (χ4v) is 4.01. The molecule has 0 amide bonds. The molecule has 0 heterocycles. The van der Waals surface area contributed by atoms with Crippen LogP contribution in [0.5, 0.6) is 0 Å². The molecular weight excluding hydrogens is 184 g/mol. The van der Waals surface area contributed by atoms with Crippen LogP contribution in [0.25, 0.3) is 0 Å². The standard InChI is InChI=1S/C13H28N2/c1-14(2,3)12-10-13(15(4,5)6)8-7-11(12)9-13/h11-12H,7-10H2,1-6H3/q+2. The van der Waals surface area contributed by atoms with Gasteiger partial charge in [0, 0.05) is 18.8 Å². The van der Waals surface area contributed by atoms with E-state index < -0.39 is 0 Å². The number of hydrogen-bond donors (Lipinski definition) is 0. The number of hydrogen-bond acceptors (Lipinski definition) is 0. The number of quaternary nitrogens is 2. The van der Waals surface area contributed by atoms with E-state index in [0.717, 1.165) is 16.4 Å². The van der Waals surface area contributed by atoms with Crippen molar-refractivity contribution in [3.63, 3.8) is 0 Å². The van der Waals surface area contributed by atoms with E-state index in [2.05, 4.69) is 42.3 Å². The Balaban J connectivity index is 2.23. The van der Waals surface area contributed by atoms with Gasteiger partial charge in [-0.2, -0.15) is 0 Å². The molecule has 0 aliphatic heterocycles. The Hall–Kier alpha value is -0.0800. The lowest BCUT2D eigenvalue weighted by Gasteiger charge is -2.45. The molecule has 0 spiro atoms. The molecule has 0 aromatic rings. The van der Waals surface area contributed by atoms with Crippen molar-refractivity contribution in [2.24, 2.45) is 5.92 Å². The molecule has 0 radical (unpaired) electrons. The van der Waals surface area contributed by atoms with Crippen LogP contribution in [0.15, 0.2) is 0 Å². The first-order valence-electron chi connectivity index (χ1n) is 6.28. The second kappa shape index (κ2) is 2.98. The van der Waals surface area contributed by atoms with Gasteiger partial charge in [0.1, 0.15) is 5.54 Å². The summed E-state index contributed by atoms with van der Waals surface area (Å²) >= 11 is 0. The molecule has 3 atom stereocenters. The van der Waals surface area contributed by atoms with Crippen molar-refractivity contribution in [2.45, 2.75) is 37.3 Å². The third-order valence-electron chi connectivity index (χ3n) is 5.17. The van der Waals surface area contributed by atoms with E-state index in [0.29, 0.717) is 5.54 Å². The van der Waals surface area contributed by atoms with Crippen LogP contribution in [0.1, 0.15) is 25.7 Å². The molecule has 2 nitrogen and oxygen atoms in total. The van der Waals surface area contributed by atoms with Crippen molar-refractivity contribution >= 4 is 0 Å². The zero-order chi connectivity index (χ0) is 11.5. The molecule has 2 aliphatic carbocycles. The summed E-state index contributed by atoms with van der Waals surface area (Å²) in [7, 11) is 14.3. The molecule has 88 valence electrons. The highest BCUT2D eigenvalue weighted by Gasteiger charge is 2.61. The molecular formula is C13H28N2+2. The predicted octanol–water partition coefficient (Wildman–Crippen LogP) is 1.71. The lowest BCUT2D eigenvalue weighted by Crippen LogP contribution is -2.57. The summed E-state index contributed by atoms with van der Waals surface area (Å²) < 4.78 is 2.33. The molecule has 2 fully saturated rings. The minimum Gasteiger partial charge on any atom is -0.328 e. The highest BCUT2D eigenvalue weighted by atomic mass is 15.4. The van der Waals surface area contributed by atoms with Crippen molar-refractivity contribution in [2.75, 3.05) is 42.3 Å². The van der Waals surface area contributed by atoms with Gasteiger partial charge in [-0.15, -0.1) is 0 Å². The number of rotatable bonds is 2. The Labute approximate surface area is 95.0 Å². The third kappa shape index (κ3) is 1.62. The quantitative estimate of drug-likeness (QED) is 0.611. The number of nitrogens with zero attached hydrogens (tertiary/aromatic N) is 2. The largest absolute Gasteiger partial charge is 0.328 e. The zero-order valence-corrected chi connectivity index (χ0v) is 11.4. The molecule has 2 rings (SSSR count). The summed E-state index contributed by atoms with van der Waals surface area (Å²) in [5.41, 5.74) is 0.598. The van der Waals surface area contributed by atoms with Crippen molar-refractivity contribution in [1.82, 2.24) is 0 Å². The molecule has 3 unspecified atom stereocenters. The molecule has 0 aromatic carbocycles. The summed E-state index contributed by atoms with van der Waals surface area (Å²) in [6.45, 7) is 0. The van der Waals surface area contributed by atoms with Crippen LogP contribution in [0.2, 0.25) is 0 Å². The van der Waals surface area contributed by atoms with Gasteiger partial charge in [0.05, 0.1) is 54.7 Å². The van der Waals surface area contributed by atoms with Gasteiger partial charge in [0.2, 0.25) is 0 Å². The molecule has 15 heavy (non-hydrogen) atoms. The summed E-state index contributed by atoms with van der Waals surface area (Å²) in [5.74, 6) is 0.988. The van der Waals surface area contributed by atoms with Gasteiger partial charge in [0.25, 0.3) is 0 Å². The second-order valence-corrected chi connectivity index (χ2v) is 7.63. The molecule has 2 aliphatic rings. The molecule has 2 saturated carbocycles. The van der Waals surface area contributed by atoms with E-state index in [-0.39, 0.29) is 0 Å². The minimum absolute atomic E-state index is 0.598. The average Bonchev–Trinajstić information content (AvgIpc) is 2.57. The van der Waals surface area contributed by atoms with Gasteiger partial charge >= 0.3 is 0 Å². The Morgan fingerprint density at radius 3 is 1.87 bits per heavy atom. The summed E-state index contributed by atoms with van der Waals surface area (Å²) in [6.07, 6.45) is 5.83. The lowest BCUT2D eigenvalue weighted by molar-refractivity contribution is -0.933. The van der Waals surface area contributed by atoms with Crippen molar-refractivity contribution in [3.8, 4) is 0 Å². The smallest absolute Gasteiger partial charge is 0.105 e. The van der Waals surface area contributed by atoms with E-state index in [1.165, 1.54) is 30.2 Å². The first-order chi connectivity index (χ1) is 6.66. The maximum absolute atomic E-state index is 2.39. The van der Waals surface area contributed by atoms with Crippen LogP contribution in [0.4, 0.5) is 0 Å². The van der Waals surface area contributed by atoms with Crippen molar-refractivity contribution < 1.29 is 8.97 Å². The van der Waals surface area contributed by atoms with Gasteiger partial charge in [-0.3, -0.25) is 0 Å². The first kappa shape index (κ1) is 11.4. The summed E-state index contributed by atoms with van der Waals surface area (Å²) in [6, 6.07) is 0.899. The van der Waals surface area contributed by atoms with Crippen molar-refractivity contribution in [1.29, 1.82) is 0 Å². The normalized spacial score (nSPS) is 41.2. The maximum atomic E-state index is 2.39. The highest BCUT2D eigenvalue weighted by Crippen LogP contribution is 2.54. The van der Waals surface area contributed by atoms with Crippen LogP contribution in [-0.4, -0.2) is 62.8 Å². The molecule has 0 saturated heterocycles. The topological polar surface area (TPSA) is 0 Å². The van der Waals surface area contributed by atoms with Crippen LogP contribution in [-0.2, 0) is 0 Å². The third-order valence-corrected chi connectivity index (χ3v) is 5.17. The van der Waals surface area contributed by atoms with E-state index in [1.807, 2.05) is 0 Å². The molecule has 0 aromatic heterocycles. The van der Waals surface area contributed by atoms with Crippen LogP contribution < -0.4 is 0 Å². The van der Waals surface area contributed by atoms with Gasteiger partial charge in [0.15, 0.2) is 0 Å². The molecule has 2 bridgehead atoms. The Bertz CT molecular complexity index is 259. The van der Waals surface area contributed by atoms with Crippen LogP contribution >= 0.6 is 0 Å². The van der Waals surface area contributed by atoms with Crippen LogP contribution in [0.3, 0.4) is 0 Å². The van der Waals surface area contributed by atoms with Crippen molar-refractivity contribution in [3.05, 3.63) is 0 Å². The lowest BCUT2D eigenvalue weighted by atomic mass is 9.87. The SMILES string of the molecule is C[N+](C)(C)C1CC2([N+](C)(C)C)CCC1C2. The summed E-state index contributed by atoms with van der Waals surface area (Å²) in [4.78, 5) is 0. The number of fused-ring (bicyclic) bond motifs is 2. The molecule has 0 N–H and O–H groups in total. The van der Waals surface area contributed by atoms with Gasteiger partial charge in [-0.1, -0.05) is 0 Å². The Kier molecular flexibility index (Phi) is 2.27. The van der Waals surface area contributed by atoms with E-state index in [9.17, 15) is 0 Å². The van der Waals surface area contributed by atoms with Crippen LogP contribution in [0, 0.1) is 5.92 Å². The van der Waals surface area contributed by atoms with E-state index in [1.54, 1.807) is 0 Å². The molecule has 2 heteroatoms. The Morgan fingerprint density at radius 2 is 1.53 bits per heavy atom. The van der Waals surface area contributed by atoms with Gasteiger partial charge in [-0.25, -0.2) is 0 Å². The maximum Gasteiger partial charge on any atom is 0.105 e. The second-order valence-electron chi connectivity index (χ2n) is 7.63. The fourth-order valence-electron chi connectivity index (χ4n) is 4.01. The summed E-state index contributed by atoms with van der Waals surface area (Å²) in [5, 5.41) is 0. The monoisotopic (exact) mass is 212 g/mol. The van der Waals surface area contributed by atoms with Gasteiger partial charge in [-0.05, 0) is 6.42 Å². The predicted molar refractivity (Wildman–Crippen MR) is 64.5 cm³/mol. The van der Waals surface area contributed by atoms with E-state index >= 15 is 0 Å².